The first kappa shape index (κ1) is 36.6. The lowest BCUT2D eigenvalue weighted by Crippen LogP contribution is -2.27. The molecule has 4 rings (SSSR count). The fourth-order valence-corrected chi connectivity index (χ4v) is 9.16. The van der Waals surface area contributed by atoms with E-state index in [4.69, 9.17) is 9.47 Å². The molecule has 0 heterocycles. The molecule has 0 radical (unpaired) electrons. The molecule has 0 spiro atoms. The number of hydrogen-bond acceptors (Lipinski definition) is 2. The van der Waals surface area contributed by atoms with Crippen LogP contribution in [0.4, 0.5) is 0 Å². The van der Waals surface area contributed by atoms with Crippen LogP contribution in [0.3, 0.4) is 0 Å². The average molecular weight is 1220 g/mol. The van der Waals surface area contributed by atoms with Crippen molar-refractivity contribution in [2.75, 3.05) is 23.9 Å². The molecule has 0 aliphatic carbocycles. The van der Waals surface area contributed by atoms with Crippen LogP contribution in [-0.4, -0.2) is 32.5 Å². The van der Waals surface area contributed by atoms with Crippen molar-refractivity contribution in [1.29, 1.82) is 0 Å². The number of halogens is 10. The second kappa shape index (κ2) is 14.9. The fraction of sp³-hybridized carbons (Fsp3) is 0.333. The molecule has 2 atom stereocenters. The fourth-order valence-electron chi connectivity index (χ4n) is 4.58. The molecule has 226 valence electrons. The molecule has 4 aromatic rings. The molecule has 0 amide bonds. The number of benzene rings is 4. The third-order valence-electron chi connectivity index (χ3n) is 6.77. The molecule has 0 aromatic heterocycles. The van der Waals surface area contributed by atoms with Gasteiger partial charge in [0.25, 0.3) is 0 Å². The van der Waals surface area contributed by atoms with Crippen LogP contribution in [0.1, 0.15) is 37.8 Å². The minimum atomic E-state index is -0.208. The van der Waals surface area contributed by atoms with Crippen molar-refractivity contribution >= 4 is 181 Å². The Bertz CT molecular complexity index is 1530. The van der Waals surface area contributed by atoms with Gasteiger partial charge in [0.15, 0.2) is 0 Å². The predicted octanol–water partition coefficient (Wildman–Crippen LogP) is 14.6. The molecule has 2 nitrogen and oxygen atoms in total. The highest BCUT2D eigenvalue weighted by Gasteiger charge is 2.27. The summed E-state index contributed by atoms with van der Waals surface area (Å²) in [5, 5.41) is 5.73. The summed E-state index contributed by atoms with van der Waals surface area (Å²) in [6.45, 7) is 7.43. The van der Waals surface area contributed by atoms with E-state index in [0.29, 0.717) is 13.2 Å². The van der Waals surface area contributed by atoms with Crippen molar-refractivity contribution < 1.29 is 9.47 Å². The lowest BCUT2D eigenvalue weighted by molar-refractivity contribution is 0.294. The molecular formula is C30H24Br10O2. The molecule has 12 heteroatoms. The largest absolute Gasteiger partial charge is 0.490 e. The summed E-state index contributed by atoms with van der Waals surface area (Å²) >= 11 is 37.6. The van der Waals surface area contributed by atoms with E-state index in [-0.39, 0.29) is 14.6 Å². The Morgan fingerprint density at radius 1 is 0.571 bits per heavy atom. The Balaban J connectivity index is 1.94. The highest BCUT2D eigenvalue weighted by molar-refractivity contribution is 9.13. The van der Waals surface area contributed by atoms with E-state index >= 15 is 0 Å². The van der Waals surface area contributed by atoms with Gasteiger partial charge in [-0.25, -0.2) is 0 Å². The minimum Gasteiger partial charge on any atom is -0.490 e. The van der Waals surface area contributed by atoms with Crippen molar-refractivity contribution in [2.24, 2.45) is 0 Å². The number of fused-ring (bicyclic) bond motifs is 2. The molecule has 0 N–H and O–H groups in total. The lowest BCUT2D eigenvalue weighted by atomic mass is 9.86. The molecule has 0 aliphatic heterocycles. The first-order valence-corrected chi connectivity index (χ1v) is 21.2. The lowest BCUT2D eigenvalue weighted by Gasteiger charge is -2.25. The Labute approximate surface area is 330 Å². The second-order valence-electron chi connectivity index (χ2n) is 10.5. The topological polar surface area (TPSA) is 18.5 Å². The highest BCUT2D eigenvalue weighted by Crippen LogP contribution is 2.50. The Morgan fingerprint density at radius 2 is 0.929 bits per heavy atom. The summed E-state index contributed by atoms with van der Waals surface area (Å²) in [6, 6.07) is 12.7. The summed E-state index contributed by atoms with van der Waals surface area (Å²) in [5.74, 6) is 1.62. The molecule has 42 heavy (non-hydrogen) atoms. The SMILES string of the molecule is CC(c1ccc(Br)c2c(OCC(C)(Br)CBr)c(Br)cc(Br)c12)c1ccc(Br)c2c(OCC(C)(Br)CBr)c(Br)cc(Br)c12. The van der Waals surface area contributed by atoms with E-state index in [1.54, 1.807) is 0 Å². The van der Waals surface area contributed by atoms with Crippen LogP contribution in [0, 0.1) is 0 Å². The molecule has 0 aliphatic rings. The van der Waals surface area contributed by atoms with Gasteiger partial charge in [0, 0.05) is 56.0 Å². The van der Waals surface area contributed by atoms with Gasteiger partial charge in [-0.1, -0.05) is 146 Å². The van der Waals surface area contributed by atoms with Crippen molar-refractivity contribution in [3.05, 3.63) is 74.4 Å². The summed E-state index contributed by atoms with van der Waals surface area (Å²) in [6.07, 6.45) is 0. The van der Waals surface area contributed by atoms with Crippen LogP contribution < -0.4 is 9.47 Å². The first-order valence-electron chi connectivity index (χ1n) is 12.6. The average Bonchev–Trinajstić information content (AvgIpc) is 2.93. The van der Waals surface area contributed by atoms with Gasteiger partial charge in [-0.2, -0.15) is 0 Å². The number of rotatable bonds is 10. The van der Waals surface area contributed by atoms with E-state index in [9.17, 15) is 0 Å². The van der Waals surface area contributed by atoms with E-state index in [2.05, 4.69) is 216 Å². The van der Waals surface area contributed by atoms with Gasteiger partial charge in [-0.05, 0) is 81.1 Å². The van der Waals surface area contributed by atoms with Gasteiger partial charge in [-0.15, -0.1) is 0 Å². The zero-order chi connectivity index (χ0) is 31.1. The van der Waals surface area contributed by atoms with Gasteiger partial charge in [-0.3, -0.25) is 0 Å². The van der Waals surface area contributed by atoms with Crippen molar-refractivity contribution in [3.63, 3.8) is 0 Å². The standard InChI is InChI=1S/C30H24Br10O2/c1-14(15-4-6-17(33)25-23(15)19(35)8-21(37)27(25)41-12-29(2,39)10-31)16-5-7-18(34)26-24(16)20(36)9-22(38)28(26)42-13-30(3,40)11-32/h4-9,14H,10-13H2,1-3H3. The van der Waals surface area contributed by atoms with Gasteiger partial charge < -0.3 is 9.47 Å². The van der Waals surface area contributed by atoms with E-state index in [1.807, 2.05) is 0 Å². The predicted molar refractivity (Wildman–Crippen MR) is 215 cm³/mol. The summed E-state index contributed by atoms with van der Waals surface area (Å²) < 4.78 is 18.2. The maximum absolute atomic E-state index is 6.46. The smallest absolute Gasteiger partial charge is 0.142 e. The Kier molecular flexibility index (Phi) is 13.0. The maximum Gasteiger partial charge on any atom is 0.142 e. The monoisotopic (exact) mass is 1210 g/mol. The summed E-state index contributed by atoms with van der Waals surface area (Å²) in [5.41, 5.74) is 2.35. The number of hydrogen-bond donors (Lipinski definition) is 0. The number of alkyl halides is 4. The molecule has 4 aromatic carbocycles. The van der Waals surface area contributed by atoms with E-state index in [1.165, 1.54) is 11.1 Å². The van der Waals surface area contributed by atoms with Gasteiger partial charge in [0.2, 0.25) is 0 Å². The molecule has 0 fully saturated rings. The van der Waals surface area contributed by atoms with Crippen LogP contribution in [0.2, 0.25) is 0 Å². The first-order chi connectivity index (χ1) is 19.6. The molecular weight excluding hydrogens is 1190 g/mol. The third kappa shape index (κ3) is 7.91. The van der Waals surface area contributed by atoms with Crippen LogP contribution in [0.15, 0.2) is 63.2 Å². The van der Waals surface area contributed by atoms with E-state index in [0.717, 1.165) is 70.5 Å². The molecule has 0 bridgehead atoms. The number of ether oxygens (including phenoxy) is 2. The van der Waals surface area contributed by atoms with Gasteiger partial charge in [0.1, 0.15) is 24.7 Å². The van der Waals surface area contributed by atoms with Gasteiger partial charge >= 0.3 is 0 Å². The van der Waals surface area contributed by atoms with Crippen LogP contribution in [0.5, 0.6) is 11.5 Å². The van der Waals surface area contributed by atoms with Crippen molar-refractivity contribution in [3.8, 4) is 11.5 Å². The summed E-state index contributed by atoms with van der Waals surface area (Å²) in [4.78, 5) is 0. The zero-order valence-electron chi connectivity index (χ0n) is 22.5. The third-order valence-corrected chi connectivity index (χ3v) is 15.5. The highest BCUT2D eigenvalue weighted by atomic mass is 79.9. The molecule has 2 unspecified atom stereocenters. The second-order valence-corrected chi connectivity index (χ2v) is 20.6. The Hall–Kier alpha value is 1.80. The maximum atomic E-state index is 6.46. The molecule has 0 saturated carbocycles. The molecule has 0 saturated heterocycles. The van der Waals surface area contributed by atoms with Crippen LogP contribution >= 0.6 is 159 Å². The van der Waals surface area contributed by atoms with Crippen LogP contribution in [0.25, 0.3) is 21.5 Å². The summed E-state index contributed by atoms with van der Waals surface area (Å²) in [7, 11) is 0. The Morgan fingerprint density at radius 3 is 1.26 bits per heavy atom. The van der Waals surface area contributed by atoms with E-state index < -0.39 is 0 Å². The quantitative estimate of drug-likeness (QED) is 0.147. The van der Waals surface area contributed by atoms with Crippen molar-refractivity contribution in [2.45, 2.75) is 35.3 Å². The van der Waals surface area contributed by atoms with Crippen molar-refractivity contribution in [1.82, 2.24) is 0 Å². The minimum absolute atomic E-state index is 0.0276. The van der Waals surface area contributed by atoms with Crippen LogP contribution in [-0.2, 0) is 0 Å². The van der Waals surface area contributed by atoms with Gasteiger partial charge in [0.05, 0.1) is 17.6 Å². The normalized spacial score (nSPS) is 15.5. The zero-order valence-corrected chi connectivity index (χ0v) is 38.3.